The maximum Gasteiger partial charge on any atom is 0.164 e. The second-order valence-corrected chi connectivity index (χ2v) is 10.9. The molecule has 0 aromatic heterocycles. The zero-order valence-electron chi connectivity index (χ0n) is 22.3. The van der Waals surface area contributed by atoms with Gasteiger partial charge in [0, 0.05) is 5.92 Å². The Morgan fingerprint density at radius 1 is 0.778 bits per heavy atom. The van der Waals surface area contributed by atoms with E-state index in [1.54, 1.807) is 0 Å². The average Bonchev–Trinajstić information content (AvgIpc) is 2.94. The van der Waals surface area contributed by atoms with Crippen molar-refractivity contribution in [1.82, 2.24) is 0 Å². The summed E-state index contributed by atoms with van der Waals surface area (Å²) in [5.41, 5.74) is 7.14. The number of hydrogen-bond acceptors (Lipinski definition) is 4. The fraction of sp³-hybridized carbons (Fsp3) is 0.625. The van der Waals surface area contributed by atoms with E-state index in [-0.39, 0.29) is 19.1 Å². The summed E-state index contributed by atoms with van der Waals surface area (Å²) in [6, 6.07) is 16.4. The van der Waals surface area contributed by atoms with Gasteiger partial charge in [-0.3, -0.25) is 0 Å². The molecule has 2 aromatic carbocycles. The van der Waals surface area contributed by atoms with E-state index in [2.05, 4.69) is 56.3 Å². The minimum Gasteiger partial charge on any atom is -0.396 e. The Balaban J connectivity index is 1.30. The Hall–Kier alpha value is -1.72. The molecule has 2 aromatic rings. The van der Waals surface area contributed by atoms with Crippen LogP contribution in [0, 0.1) is 17.8 Å². The first-order valence-corrected chi connectivity index (χ1v) is 14.3. The number of unbranched alkanes of at least 4 members (excludes halogenated alkanes) is 2. The molecular weight excluding hydrogens is 448 g/mol. The van der Waals surface area contributed by atoms with Gasteiger partial charge in [-0.15, -0.1) is 0 Å². The highest BCUT2D eigenvalue weighted by molar-refractivity contribution is 5.65. The Morgan fingerprint density at radius 2 is 1.44 bits per heavy atom. The molecule has 4 rings (SSSR count). The van der Waals surface area contributed by atoms with E-state index in [9.17, 15) is 10.2 Å². The first kappa shape index (κ1) is 27.3. The molecular formula is C32H46O4. The largest absolute Gasteiger partial charge is 0.396 e. The fourth-order valence-electron chi connectivity index (χ4n) is 6.12. The number of aryl methyl sites for hydroxylation is 2. The number of benzene rings is 2. The van der Waals surface area contributed by atoms with Crippen molar-refractivity contribution in [2.75, 3.05) is 26.4 Å². The smallest absolute Gasteiger partial charge is 0.164 e. The van der Waals surface area contributed by atoms with Gasteiger partial charge in [0.15, 0.2) is 6.29 Å². The predicted molar refractivity (Wildman–Crippen MR) is 146 cm³/mol. The summed E-state index contributed by atoms with van der Waals surface area (Å²) < 4.78 is 11.7. The van der Waals surface area contributed by atoms with Crippen LogP contribution in [0.4, 0.5) is 0 Å². The highest BCUT2D eigenvalue weighted by Gasteiger charge is 2.34. The summed E-state index contributed by atoms with van der Waals surface area (Å²) in [6.07, 6.45) is 10.5. The van der Waals surface area contributed by atoms with Gasteiger partial charge < -0.3 is 19.7 Å². The van der Waals surface area contributed by atoms with Crippen LogP contribution in [-0.4, -0.2) is 42.9 Å². The predicted octanol–water partition coefficient (Wildman–Crippen LogP) is 6.51. The van der Waals surface area contributed by atoms with E-state index in [1.807, 2.05) is 0 Å². The number of rotatable bonds is 11. The van der Waals surface area contributed by atoms with Gasteiger partial charge in [0.2, 0.25) is 0 Å². The molecule has 2 fully saturated rings. The number of hydrogen-bond donors (Lipinski definition) is 2. The van der Waals surface area contributed by atoms with Crippen molar-refractivity contribution in [3.8, 4) is 11.1 Å². The third kappa shape index (κ3) is 6.77. The van der Waals surface area contributed by atoms with Gasteiger partial charge >= 0.3 is 0 Å². The molecule has 1 aliphatic heterocycles. The van der Waals surface area contributed by atoms with Gasteiger partial charge in [-0.25, -0.2) is 0 Å². The SMILES string of the molecule is CCCCCc1ccc(-c2ccc(C3CCC(C4COC(C(CO)CO)OC4)CC3)cc2)cc1CC. The summed E-state index contributed by atoms with van der Waals surface area (Å²) in [5.74, 6) is 1.34. The molecule has 4 heteroatoms. The lowest BCUT2D eigenvalue weighted by atomic mass is 9.74. The molecule has 4 nitrogen and oxygen atoms in total. The molecule has 0 spiro atoms. The Bertz CT molecular complexity index is 904. The number of ether oxygens (including phenoxy) is 2. The van der Waals surface area contributed by atoms with Crippen LogP contribution in [0.1, 0.15) is 81.4 Å². The minimum absolute atomic E-state index is 0.111. The van der Waals surface area contributed by atoms with Crippen molar-refractivity contribution in [3.05, 3.63) is 59.2 Å². The van der Waals surface area contributed by atoms with Crippen molar-refractivity contribution in [3.63, 3.8) is 0 Å². The van der Waals surface area contributed by atoms with Gasteiger partial charge in [0.1, 0.15) is 0 Å². The summed E-state index contributed by atoms with van der Waals surface area (Å²) in [4.78, 5) is 0. The maximum atomic E-state index is 9.36. The zero-order chi connectivity index (χ0) is 25.3. The van der Waals surface area contributed by atoms with E-state index in [1.165, 1.54) is 79.2 Å². The van der Waals surface area contributed by atoms with Crippen molar-refractivity contribution < 1.29 is 19.7 Å². The van der Waals surface area contributed by atoms with Crippen molar-refractivity contribution in [1.29, 1.82) is 0 Å². The molecule has 0 radical (unpaired) electrons. The second-order valence-electron chi connectivity index (χ2n) is 10.9. The summed E-state index contributed by atoms with van der Waals surface area (Å²) in [7, 11) is 0. The van der Waals surface area contributed by atoms with Gasteiger partial charge in [-0.05, 0) is 84.6 Å². The Morgan fingerprint density at radius 3 is 2.06 bits per heavy atom. The van der Waals surface area contributed by atoms with Gasteiger partial charge in [0.25, 0.3) is 0 Å². The topological polar surface area (TPSA) is 58.9 Å². The summed E-state index contributed by atoms with van der Waals surface area (Å²) in [5, 5.41) is 18.7. The molecule has 1 saturated heterocycles. The number of aliphatic hydroxyl groups excluding tert-OH is 2. The van der Waals surface area contributed by atoms with E-state index in [0.717, 1.165) is 6.42 Å². The van der Waals surface area contributed by atoms with Crippen LogP contribution in [0.3, 0.4) is 0 Å². The van der Waals surface area contributed by atoms with E-state index in [4.69, 9.17) is 9.47 Å². The van der Waals surface area contributed by atoms with E-state index >= 15 is 0 Å². The van der Waals surface area contributed by atoms with Crippen LogP contribution in [0.5, 0.6) is 0 Å². The lowest BCUT2D eigenvalue weighted by Crippen LogP contribution is -2.42. The highest BCUT2D eigenvalue weighted by Crippen LogP contribution is 2.40. The quantitative estimate of drug-likeness (QED) is 0.350. The Kier molecular flexibility index (Phi) is 10.4. The third-order valence-corrected chi connectivity index (χ3v) is 8.59. The molecule has 36 heavy (non-hydrogen) atoms. The molecule has 198 valence electrons. The summed E-state index contributed by atoms with van der Waals surface area (Å²) >= 11 is 0. The normalized spacial score (nSPS) is 24.8. The molecule has 2 N–H and O–H groups in total. The van der Waals surface area contributed by atoms with Gasteiger partial charge in [-0.1, -0.05) is 69.2 Å². The summed E-state index contributed by atoms with van der Waals surface area (Å²) in [6.45, 7) is 5.65. The molecule has 1 heterocycles. The maximum absolute atomic E-state index is 9.36. The first-order chi connectivity index (χ1) is 17.7. The molecule has 1 saturated carbocycles. The lowest BCUT2D eigenvalue weighted by molar-refractivity contribution is -0.240. The van der Waals surface area contributed by atoms with E-state index < -0.39 is 6.29 Å². The van der Waals surface area contributed by atoms with Crippen LogP contribution >= 0.6 is 0 Å². The molecule has 1 aliphatic carbocycles. The third-order valence-electron chi connectivity index (χ3n) is 8.59. The van der Waals surface area contributed by atoms with Crippen LogP contribution < -0.4 is 0 Å². The van der Waals surface area contributed by atoms with Crippen molar-refractivity contribution in [2.24, 2.45) is 17.8 Å². The number of aliphatic hydroxyl groups is 2. The van der Waals surface area contributed by atoms with Crippen molar-refractivity contribution >= 4 is 0 Å². The molecule has 0 amide bonds. The highest BCUT2D eigenvalue weighted by atomic mass is 16.7. The van der Waals surface area contributed by atoms with Crippen molar-refractivity contribution in [2.45, 2.75) is 83.8 Å². The van der Waals surface area contributed by atoms with E-state index in [0.29, 0.717) is 31.0 Å². The minimum atomic E-state index is -0.475. The molecule has 2 aliphatic rings. The van der Waals surface area contributed by atoms with Crippen LogP contribution in [-0.2, 0) is 22.3 Å². The first-order valence-electron chi connectivity index (χ1n) is 14.3. The molecule has 0 bridgehead atoms. The second kappa shape index (κ2) is 13.7. The Labute approximate surface area is 218 Å². The van der Waals surface area contributed by atoms with Crippen LogP contribution in [0.15, 0.2) is 42.5 Å². The molecule has 0 atom stereocenters. The average molecular weight is 495 g/mol. The zero-order valence-corrected chi connectivity index (χ0v) is 22.3. The van der Waals surface area contributed by atoms with Crippen LogP contribution in [0.25, 0.3) is 11.1 Å². The lowest BCUT2D eigenvalue weighted by Gasteiger charge is -2.39. The monoisotopic (exact) mass is 494 g/mol. The standard InChI is InChI=1S/C32H46O4/c1-3-5-6-7-24-16-17-29(18-23(24)4-2)27-12-8-25(9-13-27)26-10-14-28(15-11-26)31-21-35-32(36-22-31)30(19-33)20-34/h8-9,12-13,16-18,26,28,30-34H,3-7,10-11,14-15,19-22H2,1-2H3. The van der Waals surface area contributed by atoms with Gasteiger partial charge in [0.05, 0.1) is 32.3 Å². The van der Waals surface area contributed by atoms with Crippen LogP contribution in [0.2, 0.25) is 0 Å². The van der Waals surface area contributed by atoms with Gasteiger partial charge in [-0.2, -0.15) is 0 Å². The molecule has 0 unspecified atom stereocenters. The fourth-order valence-corrected chi connectivity index (χ4v) is 6.12.